The van der Waals surface area contributed by atoms with Gasteiger partial charge in [-0.05, 0) is 42.1 Å². The van der Waals surface area contributed by atoms with Crippen molar-refractivity contribution in [1.82, 2.24) is 0 Å². The molecular formula is C18H15IO4S. The van der Waals surface area contributed by atoms with Crippen LogP contribution in [0.3, 0.4) is 0 Å². The van der Waals surface area contributed by atoms with Crippen molar-refractivity contribution in [3.05, 3.63) is 66.2 Å². The monoisotopic (exact) mass is 454 g/mol. The highest BCUT2D eigenvalue weighted by molar-refractivity contribution is 14.1. The number of alkyl halides is 1. The third-order valence-corrected chi connectivity index (χ3v) is 5.29. The van der Waals surface area contributed by atoms with Gasteiger partial charge in [0.2, 0.25) is 0 Å². The molecule has 0 bridgehead atoms. The fourth-order valence-corrected chi connectivity index (χ4v) is 3.64. The lowest BCUT2D eigenvalue weighted by Gasteiger charge is -2.12. The SMILES string of the molecule is C[C@H](I)c1ccc(Oc2cccc3cccc(S(=O)(=O)O)c23)cc1. The molecule has 124 valence electrons. The number of benzene rings is 3. The van der Waals surface area contributed by atoms with E-state index in [-0.39, 0.29) is 4.90 Å². The second kappa shape index (κ2) is 6.70. The van der Waals surface area contributed by atoms with Gasteiger partial charge in [-0.1, -0.05) is 59.0 Å². The van der Waals surface area contributed by atoms with Crippen LogP contribution in [0.25, 0.3) is 10.8 Å². The average molecular weight is 454 g/mol. The third-order valence-electron chi connectivity index (χ3n) is 3.67. The van der Waals surface area contributed by atoms with E-state index < -0.39 is 10.1 Å². The first-order valence-electron chi connectivity index (χ1n) is 7.27. The van der Waals surface area contributed by atoms with Gasteiger partial charge >= 0.3 is 0 Å². The van der Waals surface area contributed by atoms with E-state index in [4.69, 9.17) is 4.74 Å². The molecule has 0 spiro atoms. The lowest BCUT2D eigenvalue weighted by atomic mass is 10.1. The Bertz CT molecular complexity index is 974. The van der Waals surface area contributed by atoms with E-state index in [9.17, 15) is 13.0 Å². The first-order valence-corrected chi connectivity index (χ1v) is 9.96. The molecule has 3 aromatic rings. The Morgan fingerprint density at radius 2 is 1.62 bits per heavy atom. The maximum absolute atomic E-state index is 11.7. The van der Waals surface area contributed by atoms with Gasteiger partial charge < -0.3 is 4.74 Å². The van der Waals surface area contributed by atoms with Gasteiger partial charge in [-0.25, -0.2) is 0 Å². The predicted molar refractivity (Wildman–Crippen MR) is 103 cm³/mol. The van der Waals surface area contributed by atoms with Crippen molar-refractivity contribution in [3.63, 3.8) is 0 Å². The molecule has 0 amide bonds. The standard InChI is InChI=1S/C18H15IO4S/c1-12(19)13-8-10-15(11-9-13)23-16-6-2-4-14-5-3-7-17(18(14)16)24(20,21)22/h2-12H,1H3,(H,20,21,22)/t12-/m0/s1. The molecule has 0 saturated carbocycles. The summed E-state index contributed by atoms with van der Waals surface area (Å²) in [7, 11) is -4.34. The highest BCUT2D eigenvalue weighted by Crippen LogP contribution is 2.35. The maximum atomic E-state index is 11.7. The zero-order chi connectivity index (χ0) is 17.3. The van der Waals surface area contributed by atoms with E-state index in [0.717, 1.165) is 0 Å². The summed E-state index contributed by atoms with van der Waals surface area (Å²) in [6, 6.07) is 17.6. The van der Waals surface area contributed by atoms with E-state index in [1.165, 1.54) is 11.6 Å². The van der Waals surface area contributed by atoms with Gasteiger partial charge in [0.1, 0.15) is 16.4 Å². The van der Waals surface area contributed by atoms with E-state index in [1.807, 2.05) is 24.3 Å². The van der Waals surface area contributed by atoms with Crippen LogP contribution < -0.4 is 4.74 Å². The van der Waals surface area contributed by atoms with E-state index >= 15 is 0 Å². The van der Waals surface area contributed by atoms with Gasteiger partial charge in [0.25, 0.3) is 10.1 Å². The Labute approximate surface area is 154 Å². The lowest BCUT2D eigenvalue weighted by Crippen LogP contribution is -2.00. The van der Waals surface area contributed by atoms with Crippen LogP contribution in [0.2, 0.25) is 0 Å². The minimum Gasteiger partial charge on any atom is -0.457 e. The number of fused-ring (bicyclic) bond motifs is 1. The predicted octanol–water partition coefficient (Wildman–Crippen LogP) is 5.37. The first-order chi connectivity index (χ1) is 11.4. The fraction of sp³-hybridized carbons (Fsp3) is 0.111. The Hall–Kier alpha value is -1.64. The van der Waals surface area contributed by atoms with Gasteiger partial charge in [-0.2, -0.15) is 8.42 Å². The molecule has 3 rings (SSSR count). The molecule has 0 aliphatic carbocycles. The highest BCUT2D eigenvalue weighted by Gasteiger charge is 2.17. The van der Waals surface area contributed by atoms with Crippen molar-refractivity contribution >= 4 is 43.5 Å². The molecule has 0 saturated heterocycles. The van der Waals surface area contributed by atoms with E-state index in [2.05, 4.69) is 29.5 Å². The molecule has 0 aliphatic heterocycles. The minimum absolute atomic E-state index is 0.159. The van der Waals surface area contributed by atoms with Crippen LogP contribution in [0.5, 0.6) is 11.5 Å². The summed E-state index contributed by atoms with van der Waals surface area (Å²) in [5.41, 5.74) is 1.18. The molecule has 0 heterocycles. The second-order valence-electron chi connectivity index (χ2n) is 5.37. The molecule has 6 heteroatoms. The van der Waals surface area contributed by atoms with Crippen molar-refractivity contribution in [1.29, 1.82) is 0 Å². The summed E-state index contributed by atoms with van der Waals surface area (Å²) >= 11 is 2.33. The topological polar surface area (TPSA) is 63.6 Å². The van der Waals surface area contributed by atoms with E-state index in [1.54, 1.807) is 30.3 Å². The summed E-state index contributed by atoms with van der Waals surface area (Å²) < 4.78 is 39.1. The van der Waals surface area contributed by atoms with Crippen molar-refractivity contribution in [2.24, 2.45) is 0 Å². The largest absolute Gasteiger partial charge is 0.457 e. The summed E-state index contributed by atoms with van der Waals surface area (Å²) in [6.45, 7) is 2.10. The number of ether oxygens (including phenoxy) is 1. The molecule has 0 radical (unpaired) electrons. The zero-order valence-electron chi connectivity index (χ0n) is 12.8. The van der Waals surface area contributed by atoms with Crippen LogP contribution in [-0.2, 0) is 10.1 Å². The number of hydrogen-bond acceptors (Lipinski definition) is 3. The van der Waals surface area contributed by atoms with Crippen LogP contribution >= 0.6 is 22.6 Å². The molecule has 1 N–H and O–H groups in total. The number of hydrogen-bond donors (Lipinski definition) is 1. The van der Waals surface area contributed by atoms with Crippen LogP contribution in [0, 0.1) is 0 Å². The van der Waals surface area contributed by atoms with Gasteiger partial charge in [0, 0.05) is 9.31 Å². The fourth-order valence-electron chi connectivity index (χ4n) is 2.50. The Morgan fingerprint density at radius 3 is 2.21 bits per heavy atom. The molecule has 0 aliphatic rings. The molecule has 0 aromatic heterocycles. The molecular weight excluding hydrogens is 439 g/mol. The van der Waals surface area contributed by atoms with Crippen LogP contribution in [0.1, 0.15) is 16.4 Å². The maximum Gasteiger partial charge on any atom is 0.295 e. The van der Waals surface area contributed by atoms with Crippen molar-refractivity contribution < 1.29 is 17.7 Å². The number of rotatable bonds is 4. The summed E-state index contributed by atoms with van der Waals surface area (Å²) in [4.78, 5) is -0.159. The molecule has 0 fully saturated rings. The molecule has 24 heavy (non-hydrogen) atoms. The summed E-state index contributed by atoms with van der Waals surface area (Å²) in [6.07, 6.45) is 0. The second-order valence-corrected chi connectivity index (χ2v) is 8.63. The Balaban J connectivity index is 2.10. The van der Waals surface area contributed by atoms with Crippen molar-refractivity contribution in [2.75, 3.05) is 0 Å². The quantitative estimate of drug-likeness (QED) is 0.327. The minimum atomic E-state index is -4.34. The third kappa shape index (κ3) is 3.55. The average Bonchev–Trinajstić information content (AvgIpc) is 2.54. The van der Waals surface area contributed by atoms with Gasteiger partial charge in [-0.15, -0.1) is 0 Å². The van der Waals surface area contributed by atoms with Gasteiger partial charge in [-0.3, -0.25) is 4.55 Å². The normalized spacial score (nSPS) is 13.0. The first kappa shape index (κ1) is 17.2. The van der Waals surface area contributed by atoms with Crippen molar-refractivity contribution in [3.8, 4) is 11.5 Å². The summed E-state index contributed by atoms with van der Waals surface area (Å²) in [5, 5.41) is 1.05. The highest BCUT2D eigenvalue weighted by atomic mass is 127. The molecule has 0 unspecified atom stereocenters. The van der Waals surface area contributed by atoms with Crippen LogP contribution in [-0.4, -0.2) is 13.0 Å². The smallest absolute Gasteiger partial charge is 0.295 e. The lowest BCUT2D eigenvalue weighted by molar-refractivity contribution is 0.478. The zero-order valence-corrected chi connectivity index (χ0v) is 15.8. The van der Waals surface area contributed by atoms with Crippen molar-refractivity contribution in [2.45, 2.75) is 15.7 Å². The number of halogens is 1. The molecule has 3 aromatic carbocycles. The Morgan fingerprint density at radius 1 is 1.00 bits per heavy atom. The van der Waals surface area contributed by atoms with Crippen LogP contribution in [0.15, 0.2) is 65.6 Å². The van der Waals surface area contributed by atoms with Gasteiger partial charge in [0.05, 0.1) is 0 Å². The molecule has 1 atom stereocenters. The molecule has 4 nitrogen and oxygen atoms in total. The van der Waals surface area contributed by atoms with Gasteiger partial charge in [0.15, 0.2) is 0 Å². The summed E-state index contributed by atoms with van der Waals surface area (Å²) in [5.74, 6) is 0.990. The Kier molecular flexibility index (Phi) is 4.80. The van der Waals surface area contributed by atoms with E-state index in [0.29, 0.717) is 26.2 Å². The van der Waals surface area contributed by atoms with Crippen LogP contribution in [0.4, 0.5) is 0 Å².